The van der Waals surface area contributed by atoms with E-state index in [-0.39, 0.29) is 12.0 Å². The van der Waals surface area contributed by atoms with Crippen LogP contribution in [0, 0.1) is 23.5 Å². The maximum atomic E-state index is 14.9. The fourth-order valence-corrected chi connectivity index (χ4v) is 3.67. The quantitative estimate of drug-likeness (QED) is 0.563. The molecule has 2 heterocycles. The van der Waals surface area contributed by atoms with Crippen molar-refractivity contribution in [2.75, 3.05) is 11.9 Å². The molecule has 1 fully saturated rings. The van der Waals surface area contributed by atoms with Gasteiger partial charge in [0.2, 0.25) is 5.91 Å². The van der Waals surface area contributed by atoms with Gasteiger partial charge in [-0.3, -0.25) is 9.78 Å². The number of hydrogen-bond acceptors (Lipinski definition) is 3. The first-order valence-electron chi connectivity index (χ1n) is 9.88. The van der Waals surface area contributed by atoms with Gasteiger partial charge in [-0.25, -0.2) is 18.5 Å². The molecule has 3 aromatic rings. The van der Waals surface area contributed by atoms with Gasteiger partial charge < -0.3 is 4.90 Å². The Morgan fingerprint density at radius 1 is 0.969 bits per heavy atom. The summed E-state index contributed by atoms with van der Waals surface area (Å²) in [5, 5.41) is 0. The normalized spacial score (nSPS) is 18.4. The topological polar surface area (TPSA) is 53.5 Å². The molecule has 1 saturated heterocycles. The summed E-state index contributed by atoms with van der Waals surface area (Å²) in [5.74, 6) is 2.74. The van der Waals surface area contributed by atoms with E-state index < -0.39 is 34.8 Å². The van der Waals surface area contributed by atoms with Crippen LogP contribution in [-0.2, 0) is 10.3 Å². The molecule has 0 spiro atoms. The molecule has 7 heteroatoms. The number of hydrogen-bond donors (Lipinski definition) is 0. The van der Waals surface area contributed by atoms with Gasteiger partial charge in [0.1, 0.15) is 5.69 Å². The van der Waals surface area contributed by atoms with Crippen molar-refractivity contribution in [2.45, 2.75) is 18.9 Å². The molecule has 4 rings (SSSR count). The number of carbonyl (C=O) groups is 2. The third-order valence-electron chi connectivity index (χ3n) is 5.61. The van der Waals surface area contributed by atoms with Crippen LogP contribution in [0.15, 0.2) is 67.0 Å². The number of halogens is 2. The number of urea groups is 1. The molecule has 0 saturated carbocycles. The highest BCUT2D eigenvalue weighted by Crippen LogP contribution is 2.38. The Hall–Kier alpha value is -4.05. The lowest BCUT2D eigenvalue weighted by Gasteiger charge is -2.45. The van der Waals surface area contributed by atoms with Crippen molar-refractivity contribution in [1.82, 2.24) is 9.88 Å². The van der Waals surface area contributed by atoms with Crippen molar-refractivity contribution in [3.05, 3.63) is 95.3 Å². The van der Waals surface area contributed by atoms with Crippen LogP contribution in [0.25, 0.3) is 0 Å². The van der Waals surface area contributed by atoms with Crippen molar-refractivity contribution in [3.8, 4) is 11.8 Å². The second-order valence-corrected chi connectivity index (χ2v) is 7.67. The highest BCUT2D eigenvalue weighted by atomic mass is 19.1. The highest BCUT2D eigenvalue weighted by Gasteiger charge is 2.47. The van der Waals surface area contributed by atoms with Crippen LogP contribution in [0.3, 0.4) is 0 Å². The zero-order valence-electron chi connectivity index (χ0n) is 17.5. The molecule has 1 aliphatic heterocycles. The van der Waals surface area contributed by atoms with Gasteiger partial charge in [0.25, 0.3) is 0 Å². The molecule has 1 atom stereocenters. The largest absolute Gasteiger partial charge is 0.332 e. The molecule has 1 aliphatic rings. The number of imide groups is 1. The van der Waals surface area contributed by atoms with E-state index in [9.17, 15) is 18.4 Å². The van der Waals surface area contributed by atoms with E-state index in [4.69, 9.17) is 0 Å². The van der Waals surface area contributed by atoms with E-state index in [0.29, 0.717) is 16.0 Å². The van der Waals surface area contributed by atoms with Crippen LogP contribution >= 0.6 is 0 Å². The van der Waals surface area contributed by atoms with Crippen LogP contribution in [-0.4, -0.2) is 28.9 Å². The monoisotopic (exact) mass is 431 g/mol. The van der Waals surface area contributed by atoms with Crippen LogP contribution in [0.2, 0.25) is 0 Å². The molecule has 32 heavy (non-hydrogen) atoms. The molecule has 160 valence electrons. The molecular weight excluding hydrogens is 412 g/mol. The average Bonchev–Trinajstić information content (AvgIpc) is 2.79. The van der Waals surface area contributed by atoms with Gasteiger partial charge in [-0.1, -0.05) is 36.1 Å². The molecule has 0 radical (unpaired) electrons. The second-order valence-electron chi connectivity index (χ2n) is 7.67. The SMILES string of the molecule is CN1C(=O)N(c2c(F)cc(C#Cc3ccccc3)cc2F)C(=O)C[C@@]1(C)c1cccnc1. The summed E-state index contributed by atoms with van der Waals surface area (Å²) in [6, 6.07) is 13.6. The van der Waals surface area contributed by atoms with Gasteiger partial charge in [-0.15, -0.1) is 0 Å². The number of carbonyl (C=O) groups excluding carboxylic acids is 2. The minimum Gasteiger partial charge on any atom is -0.317 e. The summed E-state index contributed by atoms with van der Waals surface area (Å²) in [6.45, 7) is 1.71. The third kappa shape index (κ3) is 3.71. The van der Waals surface area contributed by atoms with Crippen LogP contribution < -0.4 is 4.90 Å². The fraction of sp³-hybridized carbons (Fsp3) is 0.160. The Morgan fingerprint density at radius 2 is 1.62 bits per heavy atom. The lowest BCUT2D eigenvalue weighted by Crippen LogP contribution is -2.60. The second kappa shape index (κ2) is 8.23. The fourth-order valence-electron chi connectivity index (χ4n) is 3.67. The molecule has 1 aromatic heterocycles. The summed E-state index contributed by atoms with van der Waals surface area (Å²) in [7, 11) is 1.49. The Labute approximate surface area is 184 Å². The van der Waals surface area contributed by atoms with Gasteiger partial charge in [0.15, 0.2) is 11.6 Å². The molecule has 2 aromatic carbocycles. The Bertz CT molecular complexity index is 1230. The Balaban J connectivity index is 1.68. The third-order valence-corrected chi connectivity index (χ3v) is 5.61. The Kier molecular flexibility index (Phi) is 5.45. The molecule has 0 N–H and O–H groups in total. The number of anilines is 1. The van der Waals surface area contributed by atoms with Gasteiger partial charge in [0.05, 0.1) is 12.0 Å². The van der Waals surface area contributed by atoms with Gasteiger partial charge in [-0.2, -0.15) is 0 Å². The van der Waals surface area contributed by atoms with Gasteiger partial charge in [-0.05, 0) is 42.8 Å². The van der Waals surface area contributed by atoms with E-state index in [1.54, 1.807) is 55.7 Å². The molecule has 0 bridgehead atoms. The maximum absolute atomic E-state index is 14.9. The number of aromatic nitrogens is 1. The zero-order chi connectivity index (χ0) is 22.9. The predicted octanol–water partition coefficient (Wildman–Crippen LogP) is 4.46. The lowest BCUT2D eigenvalue weighted by atomic mass is 9.86. The van der Waals surface area contributed by atoms with Crippen molar-refractivity contribution in [1.29, 1.82) is 0 Å². The van der Waals surface area contributed by atoms with Crippen molar-refractivity contribution in [3.63, 3.8) is 0 Å². The van der Waals surface area contributed by atoms with Crippen LogP contribution in [0.4, 0.5) is 19.3 Å². The summed E-state index contributed by atoms with van der Waals surface area (Å²) in [5.41, 5.74) is -0.262. The van der Waals surface area contributed by atoms with E-state index in [0.717, 1.165) is 12.1 Å². The van der Waals surface area contributed by atoms with Gasteiger partial charge >= 0.3 is 6.03 Å². The molecular formula is C25H19F2N3O2. The predicted molar refractivity (Wildman–Crippen MR) is 116 cm³/mol. The summed E-state index contributed by atoms with van der Waals surface area (Å²) in [4.78, 5) is 31.9. The van der Waals surface area contributed by atoms with Crippen molar-refractivity contribution in [2.24, 2.45) is 0 Å². The number of pyridine rings is 1. The molecule has 5 nitrogen and oxygen atoms in total. The zero-order valence-corrected chi connectivity index (χ0v) is 17.5. The van der Waals surface area contributed by atoms with Crippen LogP contribution in [0.5, 0.6) is 0 Å². The molecule has 3 amide bonds. The van der Waals surface area contributed by atoms with E-state index in [2.05, 4.69) is 16.8 Å². The minimum atomic E-state index is -1.04. The van der Waals surface area contributed by atoms with Crippen molar-refractivity contribution < 1.29 is 18.4 Å². The van der Waals surface area contributed by atoms with E-state index in [1.165, 1.54) is 11.9 Å². The van der Waals surface area contributed by atoms with Crippen molar-refractivity contribution >= 4 is 17.6 Å². The first-order valence-corrected chi connectivity index (χ1v) is 9.88. The molecule has 0 unspecified atom stereocenters. The summed E-state index contributed by atoms with van der Waals surface area (Å²) < 4.78 is 29.9. The number of rotatable bonds is 2. The number of amides is 3. The number of benzene rings is 2. The average molecular weight is 431 g/mol. The van der Waals surface area contributed by atoms with E-state index >= 15 is 0 Å². The van der Waals surface area contributed by atoms with Gasteiger partial charge in [0, 0.05) is 30.6 Å². The standard InChI is InChI=1S/C25H19F2N3O2/c1-25(19-9-6-12-28-16-19)15-22(31)30(24(32)29(25)2)23-20(26)13-18(14-21(23)27)11-10-17-7-4-3-5-8-17/h3-9,12-14,16H,15H2,1-2H3/t25-/m0/s1. The number of nitrogens with zero attached hydrogens (tertiary/aromatic N) is 3. The summed E-state index contributed by atoms with van der Waals surface area (Å²) >= 11 is 0. The molecule has 0 aliphatic carbocycles. The highest BCUT2D eigenvalue weighted by molar-refractivity contribution is 6.16. The lowest BCUT2D eigenvalue weighted by molar-refractivity contribution is -0.122. The first-order chi connectivity index (χ1) is 15.3. The van der Waals surface area contributed by atoms with E-state index in [1.807, 2.05) is 6.07 Å². The van der Waals surface area contributed by atoms with Crippen LogP contribution in [0.1, 0.15) is 30.0 Å². The smallest absolute Gasteiger partial charge is 0.317 e. The first kappa shape index (κ1) is 21.2. The maximum Gasteiger partial charge on any atom is 0.332 e. The minimum absolute atomic E-state index is 0.0954. The summed E-state index contributed by atoms with van der Waals surface area (Å²) in [6.07, 6.45) is 2.99. The Morgan fingerprint density at radius 3 is 2.25 bits per heavy atom.